The Labute approximate surface area is 135 Å². The highest BCUT2D eigenvalue weighted by Gasteiger charge is 2.36. The lowest BCUT2D eigenvalue weighted by Crippen LogP contribution is -2.24. The van der Waals surface area contributed by atoms with Crippen molar-refractivity contribution in [2.24, 2.45) is 0 Å². The summed E-state index contributed by atoms with van der Waals surface area (Å²) in [6.45, 7) is -0.230. The Morgan fingerprint density at radius 1 is 1.32 bits per heavy atom. The number of aliphatic hydroxyl groups is 2. The first-order valence-corrected chi connectivity index (χ1v) is 9.11. The molecule has 0 aliphatic carbocycles. The number of thioether (sulfide) groups is 2. The van der Waals surface area contributed by atoms with Crippen LogP contribution in [0.1, 0.15) is 12.6 Å². The minimum absolute atomic E-state index is 0.230. The van der Waals surface area contributed by atoms with Gasteiger partial charge in [0.25, 0.3) is 0 Å². The van der Waals surface area contributed by atoms with E-state index < -0.39 is 18.4 Å². The van der Waals surface area contributed by atoms with E-state index in [0.717, 1.165) is 0 Å². The van der Waals surface area contributed by atoms with Gasteiger partial charge in [-0.05, 0) is 12.5 Å². The van der Waals surface area contributed by atoms with Crippen LogP contribution in [0.25, 0.3) is 11.2 Å². The third-order valence-electron chi connectivity index (χ3n) is 3.55. The molecule has 2 aromatic heterocycles. The lowest BCUT2D eigenvalue weighted by atomic mass is 10.2. The summed E-state index contributed by atoms with van der Waals surface area (Å²) in [4.78, 5) is 13.1. The Morgan fingerprint density at radius 3 is 2.68 bits per heavy atom. The van der Waals surface area contributed by atoms with E-state index in [1.54, 1.807) is 0 Å². The third kappa shape index (κ3) is 2.54. The van der Waals surface area contributed by atoms with Crippen LogP contribution in [-0.4, -0.2) is 61.1 Å². The van der Waals surface area contributed by atoms with Crippen LogP contribution in [0.5, 0.6) is 0 Å². The fraction of sp³-hybridized carbons (Fsp3) is 0.583. The van der Waals surface area contributed by atoms with Crippen molar-refractivity contribution in [2.45, 2.75) is 35.2 Å². The third-order valence-corrected chi connectivity index (χ3v) is 4.75. The van der Waals surface area contributed by atoms with Crippen molar-refractivity contribution < 1.29 is 14.9 Å². The maximum Gasteiger partial charge on any atom is 0.191 e. The molecular formula is C12H17N5O3S2. The molecule has 3 rings (SSSR count). The van der Waals surface area contributed by atoms with Gasteiger partial charge in [-0.2, -0.15) is 0 Å². The zero-order valence-corrected chi connectivity index (χ0v) is 13.8. The standard InChI is InChI=1S/C12H17N5O3S2/c1-21-11-15-9(13)8-10(16-11)17(12(14-8)22-2)7-3-5(19)6(4-18)20-7/h5-7,18-19H,3-4H2,1-2H3,(H2,13,15,16)/t5-,6+,7-/m1/s1. The van der Waals surface area contributed by atoms with Gasteiger partial charge in [0.2, 0.25) is 0 Å². The Bertz CT molecular complexity index is 695. The van der Waals surface area contributed by atoms with Gasteiger partial charge in [0.05, 0.1) is 12.7 Å². The molecule has 0 unspecified atom stereocenters. The molecule has 3 atom stereocenters. The molecule has 120 valence electrons. The molecule has 0 radical (unpaired) electrons. The highest BCUT2D eigenvalue weighted by atomic mass is 32.2. The average Bonchev–Trinajstić information content (AvgIpc) is 3.06. The van der Waals surface area contributed by atoms with Gasteiger partial charge in [0, 0.05) is 6.42 Å². The zero-order valence-electron chi connectivity index (χ0n) is 12.1. The van der Waals surface area contributed by atoms with E-state index in [9.17, 15) is 10.2 Å². The van der Waals surface area contributed by atoms with Gasteiger partial charge < -0.3 is 20.7 Å². The first-order valence-electron chi connectivity index (χ1n) is 6.66. The number of nitrogens with two attached hydrogens (primary N) is 1. The molecular weight excluding hydrogens is 326 g/mol. The van der Waals surface area contributed by atoms with E-state index in [1.807, 2.05) is 17.1 Å². The number of aromatic nitrogens is 4. The van der Waals surface area contributed by atoms with Crippen LogP contribution in [0, 0.1) is 0 Å². The van der Waals surface area contributed by atoms with Gasteiger partial charge in [-0.1, -0.05) is 23.5 Å². The number of ether oxygens (including phenoxy) is 1. The molecule has 1 aliphatic heterocycles. The molecule has 8 nitrogen and oxygen atoms in total. The second-order valence-electron chi connectivity index (χ2n) is 4.85. The smallest absolute Gasteiger partial charge is 0.191 e. The van der Waals surface area contributed by atoms with Crippen molar-refractivity contribution in [1.82, 2.24) is 19.5 Å². The number of aliphatic hydroxyl groups excluding tert-OH is 2. The summed E-state index contributed by atoms with van der Waals surface area (Å²) in [6.07, 6.45) is 2.37. The summed E-state index contributed by atoms with van der Waals surface area (Å²) >= 11 is 2.83. The summed E-state index contributed by atoms with van der Waals surface area (Å²) in [5.41, 5.74) is 7.07. The number of nitrogen functional groups attached to an aromatic ring is 1. The van der Waals surface area contributed by atoms with E-state index in [0.29, 0.717) is 33.7 Å². The Balaban J connectivity index is 2.13. The molecule has 3 heterocycles. The van der Waals surface area contributed by atoms with Gasteiger partial charge in [-0.25, -0.2) is 15.0 Å². The second-order valence-corrected chi connectivity index (χ2v) is 6.40. The van der Waals surface area contributed by atoms with E-state index in [2.05, 4.69) is 15.0 Å². The molecule has 1 saturated heterocycles. The predicted octanol–water partition coefficient (Wildman–Crippen LogP) is 0.493. The van der Waals surface area contributed by atoms with Crippen molar-refractivity contribution in [1.29, 1.82) is 0 Å². The highest BCUT2D eigenvalue weighted by molar-refractivity contribution is 7.98. The molecule has 0 amide bonds. The molecule has 0 spiro atoms. The Kier molecular flexibility index (Phi) is 4.46. The maximum absolute atomic E-state index is 9.96. The number of hydrogen-bond acceptors (Lipinski definition) is 9. The summed E-state index contributed by atoms with van der Waals surface area (Å²) in [7, 11) is 0. The predicted molar refractivity (Wildman–Crippen MR) is 84.9 cm³/mol. The monoisotopic (exact) mass is 343 g/mol. The van der Waals surface area contributed by atoms with E-state index in [-0.39, 0.29) is 6.61 Å². The molecule has 10 heteroatoms. The van der Waals surface area contributed by atoms with Crippen molar-refractivity contribution in [3.05, 3.63) is 0 Å². The normalized spacial score (nSPS) is 25.2. The Hall–Kier alpha value is -1.07. The first kappa shape index (κ1) is 15.8. The number of hydrogen-bond donors (Lipinski definition) is 3. The van der Waals surface area contributed by atoms with E-state index >= 15 is 0 Å². The van der Waals surface area contributed by atoms with Gasteiger partial charge in [-0.3, -0.25) is 4.57 Å². The lowest BCUT2D eigenvalue weighted by molar-refractivity contribution is -0.0458. The molecule has 0 bridgehead atoms. The topological polar surface area (TPSA) is 119 Å². The zero-order chi connectivity index (χ0) is 15.9. The van der Waals surface area contributed by atoms with Gasteiger partial charge >= 0.3 is 0 Å². The van der Waals surface area contributed by atoms with Crippen LogP contribution in [0.4, 0.5) is 5.82 Å². The van der Waals surface area contributed by atoms with Crippen LogP contribution in [0.15, 0.2) is 10.3 Å². The molecule has 0 saturated carbocycles. The number of fused-ring (bicyclic) bond motifs is 1. The van der Waals surface area contributed by atoms with Crippen molar-refractivity contribution in [3.63, 3.8) is 0 Å². The molecule has 0 aromatic carbocycles. The minimum atomic E-state index is -0.721. The molecule has 22 heavy (non-hydrogen) atoms. The summed E-state index contributed by atoms with van der Waals surface area (Å²) in [6, 6.07) is 0. The van der Waals surface area contributed by atoms with Gasteiger partial charge in [-0.15, -0.1) is 0 Å². The summed E-state index contributed by atoms with van der Waals surface area (Å²) < 4.78 is 7.55. The first-order chi connectivity index (χ1) is 10.6. The van der Waals surface area contributed by atoms with Crippen LogP contribution in [0.2, 0.25) is 0 Å². The quantitative estimate of drug-likeness (QED) is 0.538. The summed E-state index contributed by atoms with van der Waals surface area (Å²) in [5.74, 6) is 0.320. The maximum atomic E-state index is 9.96. The fourth-order valence-corrected chi connectivity index (χ4v) is 3.44. The largest absolute Gasteiger partial charge is 0.394 e. The number of rotatable bonds is 4. The van der Waals surface area contributed by atoms with Gasteiger partial charge in [0.1, 0.15) is 12.3 Å². The Morgan fingerprint density at radius 2 is 2.09 bits per heavy atom. The van der Waals surface area contributed by atoms with Crippen molar-refractivity contribution >= 4 is 40.5 Å². The minimum Gasteiger partial charge on any atom is -0.394 e. The number of anilines is 1. The SMILES string of the molecule is CSc1nc(N)c2nc(SC)n([C@H]3C[C@@H](O)[C@H](CO)O3)c2n1. The van der Waals surface area contributed by atoms with Crippen LogP contribution < -0.4 is 5.73 Å². The molecule has 1 aliphatic rings. The lowest BCUT2D eigenvalue weighted by Gasteiger charge is -2.16. The second kappa shape index (κ2) is 6.20. The van der Waals surface area contributed by atoms with Crippen LogP contribution in [-0.2, 0) is 4.74 Å². The van der Waals surface area contributed by atoms with Crippen LogP contribution >= 0.6 is 23.5 Å². The molecule has 1 fully saturated rings. The molecule has 2 aromatic rings. The molecule has 4 N–H and O–H groups in total. The fourth-order valence-electron chi connectivity index (χ4n) is 2.49. The number of nitrogens with zero attached hydrogens (tertiary/aromatic N) is 4. The van der Waals surface area contributed by atoms with E-state index in [4.69, 9.17) is 10.5 Å². The highest BCUT2D eigenvalue weighted by Crippen LogP contribution is 2.35. The average molecular weight is 343 g/mol. The van der Waals surface area contributed by atoms with Crippen LogP contribution in [0.3, 0.4) is 0 Å². The number of imidazole rings is 1. The van der Waals surface area contributed by atoms with Crippen molar-refractivity contribution in [3.8, 4) is 0 Å². The summed E-state index contributed by atoms with van der Waals surface area (Å²) in [5, 5.41) is 20.5. The van der Waals surface area contributed by atoms with E-state index in [1.165, 1.54) is 23.5 Å². The van der Waals surface area contributed by atoms with Crippen molar-refractivity contribution in [2.75, 3.05) is 24.9 Å². The van der Waals surface area contributed by atoms with Gasteiger partial charge in [0.15, 0.2) is 27.3 Å².